The lowest BCUT2D eigenvalue weighted by Crippen LogP contribution is -1.99. The highest BCUT2D eigenvalue weighted by atomic mass is 31.1. The summed E-state index contributed by atoms with van der Waals surface area (Å²) in [7, 11) is 3.55. The van der Waals surface area contributed by atoms with Crippen LogP contribution in [0.2, 0.25) is 0 Å². The summed E-state index contributed by atoms with van der Waals surface area (Å²) in [6.07, 6.45) is 1.94. The maximum absolute atomic E-state index is 9.93. The zero-order valence-corrected chi connectivity index (χ0v) is 23.6. The first kappa shape index (κ1) is 30.6. The van der Waals surface area contributed by atoms with Crippen molar-refractivity contribution in [2.75, 3.05) is 20.8 Å². The molecule has 0 aliphatic heterocycles. The van der Waals surface area contributed by atoms with E-state index in [9.17, 15) is 5.11 Å². The third-order valence-corrected chi connectivity index (χ3v) is 5.88. The van der Waals surface area contributed by atoms with E-state index in [1.54, 1.807) is 20.3 Å². The molecule has 0 aromatic heterocycles. The van der Waals surface area contributed by atoms with Gasteiger partial charge in [0.05, 0.1) is 13.7 Å². The van der Waals surface area contributed by atoms with E-state index in [2.05, 4.69) is 76.4 Å². The summed E-state index contributed by atoms with van der Waals surface area (Å²) in [5, 5.41) is 9.93. The van der Waals surface area contributed by atoms with Crippen LogP contribution >= 0.6 is 9.03 Å². The summed E-state index contributed by atoms with van der Waals surface area (Å²) in [4.78, 5) is 0. The van der Waals surface area contributed by atoms with Crippen LogP contribution in [-0.4, -0.2) is 25.9 Å². The number of hydrogen-bond donors (Lipinski definition) is 1. The van der Waals surface area contributed by atoms with E-state index in [-0.39, 0.29) is 9.03 Å². The fourth-order valence-corrected chi connectivity index (χ4v) is 3.87. The highest BCUT2D eigenvalue weighted by Gasteiger charge is 2.10. The third kappa shape index (κ3) is 11.7. The van der Waals surface area contributed by atoms with Gasteiger partial charge in [-0.05, 0) is 85.5 Å². The van der Waals surface area contributed by atoms with Crippen molar-refractivity contribution in [3.05, 3.63) is 94.0 Å². The summed E-state index contributed by atoms with van der Waals surface area (Å²) in [6, 6.07) is 20.3. The van der Waals surface area contributed by atoms with Crippen molar-refractivity contribution in [3.8, 4) is 11.5 Å². The van der Waals surface area contributed by atoms with E-state index < -0.39 is 0 Å². The molecule has 4 nitrogen and oxygen atoms in total. The van der Waals surface area contributed by atoms with Crippen molar-refractivity contribution in [2.45, 2.75) is 60.3 Å². The van der Waals surface area contributed by atoms with Gasteiger partial charge in [-0.1, -0.05) is 68.8 Å². The van der Waals surface area contributed by atoms with Crippen molar-refractivity contribution in [1.29, 1.82) is 0 Å². The van der Waals surface area contributed by atoms with Gasteiger partial charge >= 0.3 is 0 Å². The molecule has 1 atom stereocenters. The van der Waals surface area contributed by atoms with Gasteiger partial charge in [0.2, 0.25) is 0 Å². The molecule has 0 aliphatic carbocycles. The topological polar surface area (TPSA) is 47.9 Å². The largest absolute Gasteiger partial charge is 0.508 e. The molecule has 3 aromatic rings. The normalized spacial score (nSPS) is 10.5. The van der Waals surface area contributed by atoms with E-state index in [0.29, 0.717) is 11.7 Å². The molecule has 0 saturated carbocycles. The Morgan fingerprint density at radius 2 is 1.51 bits per heavy atom. The molecule has 3 aromatic carbocycles. The van der Waals surface area contributed by atoms with Crippen molar-refractivity contribution in [3.63, 3.8) is 0 Å². The number of ether oxygens (including phenoxy) is 1. The highest BCUT2D eigenvalue weighted by Crippen LogP contribution is 2.29. The summed E-state index contributed by atoms with van der Waals surface area (Å²) < 4.78 is 14.9. The molecule has 5 heteroatoms. The lowest BCUT2D eigenvalue weighted by atomic mass is 9.93. The summed E-state index contributed by atoms with van der Waals surface area (Å²) in [5.74, 6) is 1.61. The minimum Gasteiger partial charge on any atom is -0.508 e. The van der Waals surface area contributed by atoms with E-state index in [4.69, 9.17) is 9.26 Å². The Labute approximate surface area is 214 Å². The molecule has 192 valence electrons. The van der Waals surface area contributed by atoms with E-state index >= 15 is 0 Å². The lowest BCUT2D eigenvalue weighted by Gasteiger charge is -2.14. The summed E-state index contributed by atoms with van der Waals surface area (Å²) in [5.41, 5.74) is 7.37. The maximum atomic E-state index is 9.93. The minimum atomic E-state index is 0.222. The van der Waals surface area contributed by atoms with Gasteiger partial charge in [0.15, 0.2) is 9.03 Å². The SMILES string of the molecule is CCCOPOC.COc1cc(C)c(Cc2ccc(O)c(C(C)C)c2)c(C)c1.Cc1ccccc1. The second kappa shape index (κ2) is 17.1. The Bertz CT molecular complexity index is 960. The van der Waals surface area contributed by atoms with Crippen molar-refractivity contribution in [1.82, 2.24) is 0 Å². The number of hydrogen-bond acceptors (Lipinski definition) is 4. The van der Waals surface area contributed by atoms with Gasteiger partial charge in [0.25, 0.3) is 0 Å². The van der Waals surface area contributed by atoms with E-state index in [1.165, 1.54) is 27.8 Å². The second-order valence-electron chi connectivity index (χ2n) is 8.76. The van der Waals surface area contributed by atoms with Crippen molar-refractivity contribution < 1.29 is 18.9 Å². The quantitative estimate of drug-likeness (QED) is 0.251. The zero-order valence-electron chi connectivity index (χ0n) is 22.6. The molecule has 0 bridgehead atoms. The molecule has 0 fully saturated rings. The van der Waals surface area contributed by atoms with Crippen LogP contribution in [0.4, 0.5) is 0 Å². The number of phenolic OH excluding ortho intramolecular Hbond substituents is 1. The molecule has 35 heavy (non-hydrogen) atoms. The van der Waals surface area contributed by atoms with Gasteiger partial charge in [-0.15, -0.1) is 0 Å². The number of benzene rings is 3. The van der Waals surface area contributed by atoms with Crippen LogP contribution in [0.25, 0.3) is 0 Å². The summed E-state index contributed by atoms with van der Waals surface area (Å²) >= 11 is 0. The molecule has 1 unspecified atom stereocenters. The monoisotopic (exact) mass is 498 g/mol. The Balaban J connectivity index is 0.000000356. The molecular weight excluding hydrogens is 455 g/mol. The molecule has 0 amide bonds. The predicted molar refractivity (Wildman–Crippen MR) is 150 cm³/mol. The van der Waals surface area contributed by atoms with Gasteiger partial charge in [-0.3, -0.25) is 0 Å². The van der Waals surface area contributed by atoms with Gasteiger partial charge in [0.1, 0.15) is 11.5 Å². The van der Waals surface area contributed by atoms with E-state index in [0.717, 1.165) is 30.8 Å². The fraction of sp³-hybridized carbons (Fsp3) is 0.400. The maximum Gasteiger partial charge on any atom is 0.154 e. The molecule has 0 aliphatic rings. The third-order valence-electron chi connectivity index (χ3n) is 5.39. The number of methoxy groups -OCH3 is 1. The highest BCUT2D eigenvalue weighted by molar-refractivity contribution is 7.26. The molecule has 0 saturated heterocycles. The molecule has 0 radical (unpaired) electrons. The zero-order chi connectivity index (χ0) is 26.2. The van der Waals surface area contributed by atoms with Crippen molar-refractivity contribution in [2.24, 2.45) is 0 Å². The Morgan fingerprint density at radius 1 is 0.886 bits per heavy atom. The van der Waals surface area contributed by atoms with E-state index in [1.807, 2.05) is 24.3 Å². The second-order valence-corrected chi connectivity index (χ2v) is 9.62. The number of aromatic hydroxyl groups is 1. The Kier molecular flexibility index (Phi) is 15.0. The smallest absolute Gasteiger partial charge is 0.154 e. The fourth-order valence-electron chi connectivity index (χ4n) is 3.47. The first-order chi connectivity index (χ1) is 16.7. The number of phenols is 1. The van der Waals surface area contributed by atoms with Crippen LogP contribution in [0.1, 0.15) is 66.5 Å². The molecule has 0 heterocycles. The molecule has 3 rings (SSSR count). The van der Waals surface area contributed by atoms with Crippen LogP contribution in [0, 0.1) is 20.8 Å². The van der Waals surface area contributed by atoms with Gasteiger partial charge in [-0.2, -0.15) is 0 Å². The standard InChI is InChI=1S/C19H24O2.C7H8.C4H11O2P/c1-12(2)17-10-15(6-7-19(17)20)11-18-13(3)8-16(21-5)9-14(18)4;1-7-5-3-2-4-6-7;1-3-4-6-7-5-2/h6-10,12,20H,11H2,1-5H3;2-6H,1H3;7H,3-4H2,1-2H3. The average molecular weight is 499 g/mol. The lowest BCUT2D eigenvalue weighted by molar-refractivity contribution is 0.301. The predicted octanol–water partition coefficient (Wildman–Crippen LogP) is 8.29. The Hall–Kier alpha value is -2.39. The summed E-state index contributed by atoms with van der Waals surface area (Å²) in [6.45, 7) is 13.4. The number of aryl methyl sites for hydroxylation is 3. The van der Waals surface area contributed by atoms with Gasteiger partial charge < -0.3 is 18.9 Å². The minimum absolute atomic E-state index is 0.222. The van der Waals surface area contributed by atoms with Gasteiger partial charge in [0, 0.05) is 7.11 Å². The van der Waals surface area contributed by atoms with Crippen LogP contribution in [0.15, 0.2) is 60.7 Å². The molecular formula is C30H43O4P. The van der Waals surface area contributed by atoms with Crippen LogP contribution in [0.5, 0.6) is 11.5 Å². The van der Waals surface area contributed by atoms with Gasteiger partial charge in [-0.25, -0.2) is 0 Å². The molecule has 0 spiro atoms. The van der Waals surface area contributed by atoms with Crippen LogP contribution in [0.3, 0.4) is 0 Å². The molecule has 1 N–H and O–H groups in total. The average Bonchev–Trinajstić information content (AvgIpc) is 2.83. The van der Waals surface area contributed by atoms with Crippen LogP contribution in [-0.2, 0) is 15.5 Å². The number of rotatable bonds is 8. The Morgan fingerprint density at radius 3 is 1.97 bits per heavy atom. The first-order valence-corrected chi connectivity index (χ1v) is 12.9. The van der Waals surface area contributed by atoms with Crippen LogP contribution < -0.4 is 4.74 Å². The van der Waals surface area contributed by atoms with Crippen molar-refractivity contribution >= 4 is 9.03 Å². The first-order valence-electron chi connectivity index (χ1n) is 12.1.